The van der Waals surface area contributed by atoms with Crippen molar-refractivity contribution in [1.29, 1.82) is 0 Å². The first kappa shape index (κ1) is 17.1. The molecule has 0 aromatic heterocycles. The highest BCUT2D eigenvalue weighted by molar-refractivity contribution is 5.93. The number of ether oxygens (including phenoxy) is 3. The van der Waals surface area contributed by atoms with Gasteiger partial charge in [-0.05, 0) is 17.5 Å². The summed E-state index contributed by atoms with van der Waals surface area (Å²) in [5, 5.41) is 0. The number of hydrogen-bond donors (Lipinski definition) is 0. The minimum atomic E-state index is -0.687. The number of benzene rings is 1. The van der Waals surface area contributed by atoms with Crippen LogP contribution < -0.4 is 14.2 Å². The maximum atomic E-state index is 12.0. The topological polar surface area (TPSA) is 63.2 Å². The standard InChI is InChI=1S/C15H21O6/c1-15(2,3)9-20-21-14(16)10-7-8-11(17-4)13(19-6)12(10)18-5/h7-9H,1-6H3. The molecule has 0 N–H and O–H groups in total. The van der Waals surface area contributed by atoms with Gasteiger partial charge in [-0.2, -0.15) is 4.89 Å². The molecule has 0 fully saturated rings. The van der Waals surface area contributed by atoms with Crippen molar-refractivity contribution in [2.45, 2.75) is 20.8 Å². The zero-order chi connectivity index (χ0) is 16.0. The molecule has 0 aliphatic carbocycles. The SMILES string of the molecule is COc1ccc(C(=O)OO[CH]C(C)(C)C)c(OC)c1OC. The quantitative estimate of drug-likeness (QED) is 0.594. The Balaban J connectivity index is 2.94. The molecule has 6 heteroatoms. The van der Waals surface area contributed by atoms with Crippen molar-refractivity contribution in [3.8, 4) is 17.2 Å². The van der Waals surface area contributed by atoms with Gasteiger partial charge in [0.2, 0.25) is 5.75 Å². The van der Waals surface area contributed by atoms with Gasteiger partial charge in [-0.15, -0.1) is 0 Å². The normalized spacial score (nSPS) is 11.0. The van der Waals surface area contributed by atoms with E-state index in [0.29, 0.717) is 11.5 Å². The predicted molar refractivity (Wildman–Crippen MR) is 76.4 cm³/mol. The van der Waals surface area contributed by atoms with Crippen molar-refractivity contribution in [2.75, 3.05) is 21.3 Å². The Morgan fingerprint density at radius 3 is 2.10 bits per heavy atom. The Labute approximate surface area is 124 Å². The van der Waals surface area contributed by atoms with E-state index in [-0.39, 0.29) is 16.7 Å². The van der Waals surface area contributed by atoms with Crippen LogP contribution in [0.25, 0.3) is 0 Å². The summed E-state index contributed by atoms with van der Waals surface area (Å²) in [5.41, 5.74) is -0.0560. The molecule has 0 heterocycles. The lowest BCUT2D eigenvalue weighted by Gasteiger charge is -2.17. The first-order valence-electron chi connectivity index (χ1n) is 6.35. The molecule has 6 nitrogen and oxygen atoms in total. The van der Waals surface area contributed by atoms with Crippen LogP contribution in [0, 0.1) is 12.0 Å². The van der Waals surface area contributed by atoms with Crippen LogP contribution in [0.4, 0.5) is 0 Å². The van der Waals surface area contributed by atoms with E-state index >= 15 is 0 Å². The van der Waals surface area contributed by atoms with E-state index in [1.807, 2.05) is 20.8 Å². The average Bonchev–Trinajstić information content (AvgIpc) is 2.43. The number of methoxy groups -OCH3 is 3. The zero-order valence-electron chi connectivity index (χ0n) is 13.2. The minimum Gasteiger partial charge on any atom is -0.493 e. The van der Waals surface area contributed by atoms with Gasteiger partial charge in [0.1, 0.15) is 12.2 Å². The number of rotatable bonds is 6. The second kappa shape index (κ2) is 7.17. The van der Waals surface area contributed by atoms with Crippen LogP contribution in [0.3, 0.4) is 0 Å². The van der Waals surface area contributed by atoms with E-state index in [1.54, 1.807) is 6.07 Å². The van der Waals surface area contributed by atoms with Gasteiger partial charge in [0.15, 0.2) is 11.5 Å². The van der Waals surface area contributed by atoms with Gasteiger partial charge in [-0.3, -0.25) is 4.89 Å². The average molecular weight is 297 g/mol. The molecule has 21 heavy (non-hydrogen) atoms. The highest BCUT2D eigenvalue weighted by Gasteiger charge is 2.23. The summed E-state index contributed by atoms with van der Waals surface area (Å²) in [6.45, 7) is 7.17. The molecule has 1 aromatic carbocycles. The van der Waals surface area contributed by atoms with E-state index in [0.717, 1.165) is 0 Å². The summed E-state index contributed by atoms with van der Waals surface area (Å²) in [6.07, 6.45) is 0. The van der Waals surface area contributed by atoms with E-state index in [1.165, 1.54) is 34.0 Å². The molecule has 0 saturated heterocycles. The van der Waals surface area contributed by atoms with Crippen molar-refractivity contribution in [3.63, 3.8) is 0 Å². The third-order valence-electron chi connectivity index (χ3n) is 2.45. The summed E-state index contributed by atoms with van der Waals surface area (Å²) < 4.78 is 15.6. The van der Waals surface area contributed by atoms with Gasteiger partial charge in [0, 0.05) is 0 Å². The van der Waals surface area contributed by atoms with Crippen LogP contribution in [0.1, 0.15) is 31.1 Å². The van der Waals surface area contributed by atoms with Crippen molar-refractivity contribution in [2.24, 2.45) is 5.41 Å². The van der Waals surface area contributed by atoms with E-state index < -0.39 is 5.97 Å². The predicted octanol–water partition coefficient (Wildman–Crippen LogP) is 3.01. The molecule has 0 aliphatic rings. The first-order chi connectivity index (χ1) is 9.84. The van der Waals surface area contributed by atoms with Crippen LogP contribution in [0.15, 0.2) is 12.1 Å². The second-order valence-electron chi connectivity index (χ2n) is 5.33. The van der Waals surface area contributed by atoms with Crippen LogP contribution >= 0.6 is 0 Å². The van der Waals surface area contributed by atoms with Crippen molar-refractivity contribution in [1.82, 2.24) is 0 Å². The van der Waals surface area contributed by atoms with Crippen molar-refractivity contribution < 1.29 is 28.8 Å². The number of hydrogen-bond acceptors (Lipinski definition) is 6. The molecule has 1 rings (SSSR count). The molecule has 0 spiro atoms. The summed E-state index contributed by atoms with van der Waals surface area (Å²) in [5.74, 6) is 0.303. The lowest BCUT2D eigenvalue weighted by Crippen LogP contribution is -2.13. The fourth-order valence-corrected chi connectivity index (χ4v) is 1.52. The Hall–Kier alpha value is -1.95. The molecule has 0 unspecified atom stereocenters. The molecular formula is C15H21O6. The maximum Gasteiger partial charge on any atom is 0.376 e. The third-order valence-corrected chi connectivity index (χ3v) is 2.45. The molecule has 0 amide bonds. The summed E-state index contributed by atoms with van der Waals surface area (Å²) in [4.78, 5) is 21.6. The van der Waals surface area contributed by atoms with Gasteiger partial charge in [-0.25, -0.2) is 4.79 Å². The van der Waals surface area contributed by atoms with Gasteiger partial charge >= 0.3 is 5.97 Å². The monoisotopic (exact) mass is 297 g/mol. The summed E-state index contributed by atoms with van der Waals surface area (Å²) >= 11 is 0. The Kier molecular flexibility index (Phi) is 5.84. The zero-order valence-corrected chi connectivity index (χ0v) is 13.2. The second-order valence-corrected chi connectivity index (χ2v) is 5.33. The maximum absolute atomic E-state index is 12.0. The Bertz CT molecular complexity index is 490. The molecule has 1 radical (unpaired) electrons. The highest BCUT2D eigenvalue weighted by atomic mass is 17.2. The molecule has 1 aromatic rings. The van der Waals surface area contributed by atoms with Crippen molar-refractivity contribution in [3.05, 3.63) is 24.3 Å². The largest absolute Gasteiger partial charge is 0.493 e. The molecule has 0 atom stereocenters. The van der Waals surface area contributed by atoms with Crippen LogP contribution in [0.2, 0.25) is 0 Å². The van der Waals surface area contributed by atoms with Gasteiger partial charge < -0.3 is 14.2 Å². The van der Waals surface area contributed by atoms with Crippen LogP contribution in [0.5, 0.6) is 17.2 Å². The summed E-state index contributed by atoms with van der Waals surface area (Å²) in [6, 6.07) is 3.11. The Morgan fingerprint density at radius 1 is 1.00 bits per heavy atom. The Morgan fingerprint density at radius 2 is 1.62 bits per heavy atom. The van der Waals surface area contributed by atoms with Gasteiger partial charge in [0.25, 0.3) is 0 Å². The minimum absolute atomic E-state index is 0.178. The van der Waals surface area contributed by atoms with Crippen molar-refractivity contribution >= 4 is 5.97 Å². The molecule has 0 saturated carbocycles. The van der Waals surface area contributed by atoms with Gasteiger partial charge in [-0.1, -0.05) is 20.8 Å². The number of carbonyl (C=O) groups is 1. The summed E-state index contributed by atoms with van der Waals surface area (Å²) in [7, 11) is 4.38. The smallest absolute Gasteiger partial charge is 0.376 e. The molecular weight excluding hydrogens is 276 g/mol. The molecule has 0 aliphatic heterocycles. The van der Waals surface area contributed by atoms with Crippen LogP contribution in [-0.4, -0.2) is 27.3 Å². The molecule has 117 valence electrons. The third kappa shape index (κ3) is 4.53. The molecule has 0 bridgehead atoms. The fourth-order valence-electron chi connectivity index (χ4n) is 1.52. The van der Waals surface area contributed by atoms with E-state index in [4.69, 9.17) is 24.0 Å². The highest BCUT2D eigenvalue weighted by Crippen LogP contribution is 2.40. The lowest BCUT2D eigenvalue weighted by atomic mass is 9.99. The van der Waals surface area contributed by atoms with E-state index in [2.05, 4.69) is 0 Å². The van der Waals surface area contributed by atoms with Crippen LogP contribution in [-0.2, 0) is 9.78 Å². The lowest BCUT2D eigenvalue weighted by molar-refractivity contribution is -0.224. The number of carbonyl (C=O) groups excluding carboxylic acids is 1. The van der Waals surface area contributed by atoms with E-state index in [9.17, 15) is 4.79 Å². The fraction of sp³-hybridized carbons (Fsp3) is 0.467. The van der Waals surface area contributed by atoms with Gasteiger partial charge in [0.05, 0.1) is 21.3 Å². The first-order valence-corrected chi connectivity index (χ1v) is 6.35.